The number of carboxylic acids is 1. The first-order chi connectivity index (χ1) is 9.06. The van der Waals surface area contributed by atoms with Crippen LogP contribution in [0.3, 0.4) is 0 Å². The van der Waals surface area contributed by atoms with E-state index in [1.807, 2.05) is 18.7 Å². The maximum absolute atomic E-state index is 11.8. The molecular formula is C13H24N2O3S. The molecule has 1 aliphatic rings. The molecule has 0 saturated heterocycles. The molecule has 110 valence electrons. The Hall–Kier alpha value is -0.910. The normalized spacial score (nSPS) is 24.5. The molecule has 1 aliphatic carbocycles. The average Bonchev–Trinajstić information content (AvgIpc) is 2.39. The number of carbonyl (C=O) groups excluding carboxylic acids is 1. The van der Waals surface area contributed by atoms with E-state index in [0.29, 0.717) is 11.7 Å². The van der Waals surface area contributed by atoms with Crippen LogP contribution >= 0.6 is 11.8 Å². The van der Waals surface area contributed by atoms with Gasteiger partial charge in [0.2, 0.25) is 0 Å². The number of rotatable bonds is 6. The lowest BCUT2D eigenvalue weighted by molar-refractivity contribution is -0.139. The SMILES string of the molecule is CCCC(NC(=O)NC1CCC(SC)CC1)C(=O)O. The maximum atomic E-state index is 11.8. The zero-order valence-corrected chi connectivity index (χ0v) is 12.5. The van der Waals surface area contributed by atoms with E-state index in [1.54, 1.807) is 0 Å². The Morgan fingerprint density at radius 3 is 2.42 bits per heavy atom. The maximum Gasteiger partial charge on any atom is 0.326 e. The molecule has 0 aromatic rings. The summed E-state index contributed by atoms with van der Waals surface area (Å²) >= 11 is 1.88. The van der Waals surface area contributed by atoms with Gasteiger partial charge in [-0.15, -0.1) is 0 Å². The van der Waals surface area contributed by atoms with Crippen LogP contribution < -0.4 is 10.6 Å². The Bertz CT molecular complexity index is 304. The van der Waals surface area contributed by atoms with Gasteiger partial charge in [-0.2, -0.15) is 11.8 Å². The van der Waals surface area contributed by atoms with Crippen molar-refractivity contribution in [3.63, 3.8) is 0 Å². The predicted molar refractivity (Wildman–Crippen MR) is 77.6 cm³/mol. The summed E-state index contributed by atoms with van der Waals surface area (Å²) in [5.74, 6) is -0.969. The van der Waals surface area contributed by atoms with Crippen molar-refractivity contribution in [1.82, 2.24) is 10.6 Å². The zero-order valence-electron chi connectivity index (χ0n) is 11.6. The van der Waals surface area contributed by atoms with Gasteiger partial charge in [-0.1, -0.05) is 13.3 Å². The molecule has 3 N–H and O–H groups in total. The number of nitrogens with one attached hydrogen (secondary N) is 2. The molecule has 0 aromatic heterocycles. The van der Waals surface area contributed by atoms with Gasteiger partial charge in [0, 0.05) is 11.3 Å². The van der Waals surface area contributed by atoms with Crippen LogP contribution in [-0.2, 0) is 4.79 Å². The van der Waals surface area contributed by atoms with Gasteiger partial charge in [0.05, 0.1) is 0 Å². The number of carboxylic acid groups (broad SMARTS) is 1. The van der Waals surface area contributed by atoms with Gasteiger partial charge < -0.3 is 15.7 Å². The van der Waals surface area contributed by atoms with Gasteiger partial charge in [-0.3, -0.25) is 0 Å². The van der Waals surface area contributed by atoms with Crippen molar-refractivity contribution in [2.24, 2.45) is 0 Å². The van der Waals surface area contributed by atoms with Crippen molar-refractivity contribution in [2.45, 2.75) is 62.8 Å². The van der Waals surface area contributed by atoms with Crippen molar-refractivity contribution in [2.75, 3.05) is 6.26 Å². The van der Waals surface area contributed by atoms with Crippen LogP contribution in [0.4, 0.5) is 4.79 Å². The molecule has 2 amide bonds. The van der Waals surface area contributed by atoms with Crippen LogP contribution in [0.5, 0.6) is 0 Å². The molecule has 0 bridgehead atoms. The topological polar surface area (TPSA) is 78.4 Å². The molecule has 1 fully saturated rings. The summed E-state index contributed by atoms with van der Waals surface area (Å²) in [4.78, 5) is 22.7. The predicted octanol–water partition coefficient (Wildman–Crippen LogP) is 2.21. The number of urea groups is 1. The molecule has 1 rings (SSSR count). The fourth-order valence-corrected chi connectivity index (χ4v) is 3.12. The summed E-state index contributed by atoms with van der Waals surface area (Å²) in [5, 5.41) is 15.1. The average molecular weight is 288 g/mol. The summed E-state index contributed by atoms with van der Waals surface area (Å²) in [6.07, 6.45) is 7.49. The van der Waals surface area contributed by atoms with Gasteiger partial charge in [0.1, 0.15) is 6.04 Å². The van der Waals surface area contributed by atoms with E-state index >= 15 is 0 Å². The molecule has 0 aromatic carbocycles. The van der Waals surface area contributed by atoms with Crippen molar-refractivity contribution in [1.29, 1.82) is 0 Å². The second-order valence-corrected chi connectivity index (χ2v) is 6.14. The Labute approximate surface area is 118 Å². The standard InChI is InChI=1S/C13H24N2O3S/c1-3-4-11(12(16)17)15-13(18)14-9-5-7-10(19-2)8-6-9/h9-11H,3-8H2,1-2H3,(H,16,17)(H2,14,15,18). The van der Waals surface area contributed by atoms with Crippen LogP contribution in [-0.4, -0.2) is 40.7 Å². The smallest absolute Gasteiger partial charge is 0.326 e. The fourth-order valence-electron chi connectivity index (χ4n) is 2.37. The first-order valence-electron chi connectivity index (χ1n) is 6.89. The highest BCUT2D eigenvalue weighted by Crippen LogP contribution is 2.26. The Balaban J connectivity index is 2.32. The summed E-state index contributed by atoms with van der Waals surface area (Å²) in [7, 11) is 0. The van der Waals surface area contributed by atoms with E-state index in [-0.39, 0.29) is 12.1 Å². The first kappa shape index (κ1) is 16.1. The molecule has 1 saturated carbocycles. The third-order valence-corrected chi connectivity index (χ3v) is 4.66. The molecule has 1 unspecified atom stereocenters. The van der Waals surface area contributed by atoms with E-state index in [2.05, 4.69) is 16.9 Å². The number of carbonyl (C=O) groups is 2. The van der Waals surface area contributed by atoms with Crippen LogP contribution in [0.25, 0.3) is 0 Å². The molecule has 6 heteroatoms. The minimum absolute atomic E-state index is 0.180. The minimum Gasteiger partial charge on any atom is -0.480 e. The number of hydrogen-bond donors (Lipinski definition) is 3. The summed E-state index contributed by atoms with van der Waals surface area (Å²) < 4.78 is 0. The minimum atomic E-state index is -0.969. The monoisotopic (exact) mass is 288 g/mol. The molecule has 0 aliphatic heterocycles. The van der Waals surface area contributed by atoms with Gasteiger partial charge in [0.25, 0.3) is 0 Å². The quantitative estimate of drug-likeness (QED) is 0.700. The van der Waals surface area contributed by atoms with Crippen LogP contribution in [0, 0.1) is 0 Å². The number of amides is 2. The van der Waals surface area contributed by atoms with Gasteiger partial charge in [-0.25, -0.2) is 9.59 Å². The highest BCUT2D eigenvalue weighted by molar-refractivity contribution is 7.99. The van der Waals surface area contributed by atoms with E-state index in [1.165, 1.54) is 0 Å². The van der Waals surface area contributed by atoms with E-state index in [0.717, 1.165) is 32.1 Å². The first-order valence-corrected chi connectivity index (χ1v) is 8.18. The second-order valence-electron chi connectivity index (χ2n) is 5.01. The van der Waals surface area contributed by atoms with E-state index < -0.39 is 12.0 Å². The third kappa shape index (κ3) is 5.72. The molecule has 0 heterocycles. The van der Waals surface area contributed by atoms with Crippen LogP contribution in [0.1, 0.15) is 45.4 Å². The van der Waals surface area contributed by atoms with Crippen molar-refractivity contribution < 1.29 is 14.7 Å². The summed E-state index contributed by atoms with van der Waals surface area (Å²) in [5.41, 5.74) is 0. The number of hydrogen-bond acceptors (Lipinski definition) is 3. The van der Waals surface area contributed by atoms with Gasteiger partial charge in [0.15, 0.2) is 0 Å². The van der Waals surface area contributed by atoms with E-state index in [4.69, 9.17) is 5.11 Å². The molecule has 19 heavy (non-hydrogen) atoms. The lowest BCUT2D eigenvalue weighted by atomic mass is 9.95. The molecule has 0 radical (unpaired) electrons. The number of aliphatic carboxylic acids is 1. The molecule has 1 atom stereocenters. The van der Waals surface area contributed by atoms with Crippen molar-refractivity contribution in [3.8, 4) is 0 Å². The number of thioether (sulfide) groups is 1. The highest BCUT2D eigenvalue weighted by atomic mass is 32.2. The Morgan fingerprint density at radius 2 is 1.95 bits per heavy atom. The molecule has 5 nitrogen and oxygen atoms in total. The Kier molecular flexibility index (Phi) is 7.05. The lowest BCUT2D eigenvalue weighted by Crippen LogP contribution is -2.49. The third-order valence-electron chi connectivity index (χ3n) is 3.52. The zero-order chi connectivity index (χ0) is 14.3. The van der Waals surface area contributed by atoms with Crippen LogP contribution in [0.2, 0.25) is 0 Å². The largest absolute Gasteiger partial charge is 0.480 e. The van der Waals surface area contributed by atoms with Crippen molar-refractivity contribution in [3.05, 3.63) is 0 Å². The fraction of sp³-hybridized carbons (Fsp3) is 0.846. The van der Waals surface area contributed by atoms with Gasteiger partial charge >= 0.3 is 12.0 Å². The van der Waals surface area contributed by atoms with Gasteiger partial charge in [-0.05, 0) is 38.4 Å². The van der Waals surface area contributed by atoms with E-state index in [9.17, 15) is 9.59 Å². The Morgan fingerprint density at radius 1 is 1.32 bits per heavy atom. The lowest BCUT2D eigenvalue weighted by Gasteiger charge is -2.28. The summed E-state index contributed by atoms with van der Waals surface area (Å²) in [6.45, 7) is 1.90. The van der Waals surface area contributed by atoms with Crippen LogP contribution in [0.15, 0.2) is 0 Å². The molecule has 0 spiro atoms. The highest BCUT2D eigenvalue weighted by Gasteiger charge is 2.24. The van der Waals surface area contributed by atoms with Crippen molar-refractivity contribution >= 4 is 23.8 Å². The summed E-state index contributed by atoms with van der Waals surface area (Å²) in [6, 6.07) is -0.958. The molecular weight excluding hydrogens is 264 g/mol. The second kappa shape index (κ2) is 8.30.